The minimum absolute atomic E-state index is 0.136. The van der Waals surface area contributed by atoms with Crippen molar-refractivity contribution in [1.29, 1.82) is 0 Å². The van der Waals surface area contributed by atoms with Crippen molar-refractivity contribution >= 4 is 34.9 Å². The zero-order valence-corrected chi connectivity index (χ0v) is 20.9. The van der Waals surface area contributed by atoms with Crippen molar-refractivity contribution in [3.05, 3.63) is 41.5 Å². The summed E-state index contributed by atoms with van der Waals surface area (Å²) in [5, 5.41) is 5.21. The maximum atomic E-state index is 14.0. The monoisotopic (exact) mass is 510 g/mol. The number of aromatic nitrogens is 3. The number of anilines is 1. The first-order chi connectivity index (χ1) is 16.1. The molecule has 1 aliphatic rings. The van der Waals surface area contributed by atoms with Crippen LogP contribution in [-0.2, 0) is 4.74 Å². The Morgan fingerprint density at radius 2 is 1.97 bits per heavy atom. The van der Waals surface area contributed by atoms with Crippen LogP contribution < -0.4 is 4.90 Å². The Hall–Kier alpha value is -2.53. The molecule has 0 bridgehead atoms. The van der Waals surface area contributed by atoms with Crippen molar-refractivity contribution in [2.75, 3.05) is 25.1 Å². The van der Waals surface area contributed by atoms with Crippen LogP contribution in [0.3, 0.4) is 0 Å². The van der Waals surface area contributed by atoms with E-state index in [-0.39, 0.29) is 36.9 Å². The third-order valence-corrected chi connectivity index (χ3v) is 7.66. The van der Waals surface area contributed by atoms with E-state index in [0.717, 1.165) is 4.21 Å². The lowest BCUT2D eigenvalue weighted by Crippen LogP contribution is -2.39. The zero-order valence-electron chi connectivity index (χ0n) is 19.3. The molecule has 3 heterocycles. The molecule has 0 unspecified atom stereocenters. The van der Waals surface area contributed by atoms with Gasteiger partial charge in [-0.25, -0.2) is 18.0 Å². The number of nitrogens with zero attached hydrogens (tertiary/aromatic N) is 4. The number of esters is 1. The van der Waals surface area contributed by atoms with Crippen LogP contribution in [0.5, 0.6) is 0 Å². The molecule has 0 radical (unpaired) electrons. The fraction of sp³-hybridized carbons (Fsp3) is 0.435. The van der Waals surface area contributed by atoms with Gasteiger partial charge in [0.2, 0.25) is 5.13 Å². The number of rotatable bonds is 6. The summed E-state index contributed by atoms with van der Waals surface area (Å²) < 4.78 is 48.8. The number of piperidine rings is 1. The molecule has 0 spiro atoms. The Labute approximate surface area is 204 Å². The summed E-state index contributed by atoms with van der Waals surface area (Å²) in [6.07, 6.45) is -0.465. The second kappa shape index (κ2) is 9.61. The molecule has 1 aromatic carbocycles. The number of ether oxygens (including phenoxy) is 1. The van der Waals surface area contributed by atoms with Crippen LogP contribution in [0.25, 0.3) is 16.3 Å². The van der Waals surface area contributed by atoms with E-state index in [9.17, 15) is 18.0 Å². The molecule has 11 heteroatoms. The van der Waals surface area contributed by atoms with Crippen LogP contribution in [0.1, 0.15) is 42.9 Å². The second-order valence-electron chi connectivity index (χ2n) is 8.34. The number of hydrogen-bond donors (Lipinski definition) is 0. The molecule has 1 saturated heterocycles. The number of halogens is 3. The summed E-state index contributed by atoms with van der Waals surface area (Å²) in [5.74, 6) is -3.12. The Morgan fingerprint density at radius 1 is 1.26 bits per heavy atom. The minimum Gasteiger partial charge on any atom is -0.464 e. The topological polar surface area (TPSA) is 60.2 Å². The van der Waals surface area contributed by atoms with E-state index < -0.39 is 17.7 Å². The van der Waals surface area contributed by atoms with E-state index >= 15 is 0 Å². The van der Waals surface area contributed by atoms with E-state index in [0.29, 0.717) is 27.8 Å². The number of alkyl halides is 2. The predicted octanol–water partition coefficient (Wildman–Crippen LogP) is 5.97. The van der Waals surface area contributed by atoms with Gasteiger partial charge in [-0.2, -0.15) is 14.8 Å². The van der Waals surface area contributed by atoms with E-state index in [1.165, 1.54) is 35.3 Å². The minimum atomic E-state index is -2.67. The SMILES string of the molecule is COC(=O)c1c(-c2cccc(F)c2)c(C)nn1-c1nc(N2CCC(F)(F)CC2)c(SC(C)C)s1. The molecule has 0 saturated carbocycles. The van der Waals surface area contributed by atoms with Gasteiger partial charge in [0.15, 0.2) is 11.5 Å². The highest BCUT2D eigenvalue weighted by molar-refractivity contribution is 8.01. The average Bonchev–Trinajstić information content (AvgIpc) is 3.33. The highest BCUT2D eigenvalue weighted by atomic mass is 32.2. The van der Waals surface area contributed by atoms with Crippen molar-refractivity contribution in [3.63, 3.8) is 0 Å². The van der Waals surface area contributed by atoms with Crippen LogP contribution in [0.4, 0.5) is 19.0 Å². The Balaban J connectivity index is 1.83. The highest BCUT2D eigenvalue weighted by Crippen LogP contribution is 2.42. The molecule has 182 valence electrons. The molecule has 34 heavy (non-hydrogen) atoms. The number of methoxy groups -OCH3 is 1. The normalized spacial score (nSPS) is 15.7. The molecule has 0 amide bonds. The smallest absolute Gasteiger partial charge is 0.357 e. The van der Waals surface area contributed by atoms with Crippen molar-refractivity contribution in [1.82, 2.24) is 14.8 Å². The third kappa shape index (κ3) is 4.95. The standard InChI is InChI=1S/C23H25F3N4O2S2/c1-13(2)33-21-19(29-10-8-23(25,26)9-11-29)27-22(34-21)30-18(20(31)32-4)17(14(3)28-30)15-6-5-7-16(24)12-15/h5-7,12-13H,8-11H2,1-4H3. The number of benzene rings is 1. The third-order valence-electron chi connectivity index (χ3n) is 5.44. The Kier molecular flexibility index (Phi) is 6.95. The van der Waals surface area contributed by atoms with Crippen LogP contribution in [-0.4, -0.2) is 52.1 Å². The Morgan fingerprint density at radius 3 is 2.59 bits per heavy atom. The highest BCUT2D eigenvalue weighted by Gasteiger charge is 2.36. The number of thioether (sulfide) groups is 1. The predicted molar refractivity (Wildman–Crippen MR) is 128 cm³/mol. The first-order valence-electron chi connectivity index (χ1n) is 10.8. The van der Waals surface area contributed by atoms with Gasteiger partial charge in [-0.15, -0.1) is 11.8 Å². The van der Waals surface area contributed by atoms with E-state index in [2.05, 4.69) is 5.10 Å². The maximum Gasteiger partial charge on any atom is 0.357 e. The van der Waals surface area contributed by atoms with Gasteiger partial charge in [0.1, 0.15) is 10.0 Å². The molecular weight excluding hydrogens is 485 g/mol. The van der Waals surface area contributed by atoms with Gasteiger partial charge in [0, 0.05) is 36.7 Å². The van der Waals surface area contributed by atoms with Crippen LogP contribution in [0.15, 0.2) is 28.5 Å². The van der Waals surface area contributed by atoms with E-state index in [1.54, 1.807) is 30.8 Å². The van der Waals surface area contributed by atoms with Crippen LogP contribution in [0.2, 0.25) is 0 Å². The van der Waals surface area contributed by atoms with Gasteiger partial charge in [0.05, 0.1) is 12.8 Å². The van der Waals surface area contributed by atoms with Crippen LogP contribution in [0, 0.1) is 12.7 Å². The van der Waals surface area contributed by atoms with Crippen molar-refractivity contribution in [2.24, 2.45) is 0 Å². The molecule has 2 aromatic heterocycles. The van der Waals surface area contributed by atoms with Crippen molar-refractivity contribution in [3.8, 4) is 16.3 Å². The summed E-state index contributed by atoms with van der Waals surface area (Å²) in [7, 11) is 1.27. The lowest BCUT2D eigenvalue weighted by atomic mass is 10.0. The second-order valence-corrected chi connectivity index (χ2v) is 11.2. The first kappa shape index (κ1) is 24.6. The summed E-state index contributed by atoms with van der Waals surface area (Å²) in [6, 6.07) is 5.92. The largest absolute Gasteiger partial charge is 0.464 e. The summed E-state index contributed by atoms with van der Waals surface area (Å²) >= 11 is 2.92. The molecule has 3 aromatic rings. The fourth-order valence-electron chi connectivity index (χ4n) is 3.85. The van der Waals surface area contributed by atoms with E-state index in [4.69, 9.17) is 9.72 Å². The molecule has 1 aliphatic heterocycles. The van der Waals surface area contributed by atoms with Gasteiger partial charge >= 0.3 is 5.97 Å². The molecular formula is C23H25F3N4O2S2. The average molecular weight is 511 g/mol. The first-order valence-corrected chi connectivity index (χ1v) is 12.5. The number of hydrogen-bond acceptors (Lipinski definition) is 7. The van der Waals surface area contributed by atoms with Crippen LogP contribution >= 0.6 is 23.1 Å². The van der Waals surface area contributed by atoms with Gasteiger partial charge in [-0.1, -0.05) is 37.3 Å². The molecule has 6 nitrogen and oxygen atoms in total. The van der Waals surface area contributed by atoms with Gasteiger partial charge in [-0.3, -0.25) is 0 Å². The molecule has 1 fully saturated rings. The molecule has 0 atom stereocenters. The zero-order chi connectivity index (χ0) is 24.6. The summed E-state index contributed by atoms with van der Waals surface area (Å²) in [6.45, 7) is 6.20. The number of aryl methyl sites for hydroxylation is 1. The van der Waals surface area contributed by atoms with Gasteiger partial charge in [-0.05, 0) is 24.6 Å². The lowest BCUT2D eigenvalue weighted by molar-refractivity contribution is -0.0222. The summed E-state index contributed by atoms with van der Waals surface area (Å²) in [5.41, 5.74) is 1.60. The number of thiazole rings is 1. The van der Waals surface area contributed by atoms with Crippen molar-refractivity contribution in [2.45, 2.75) is 49.0 Å². The van der Waals surface area contributed by atoms with E-state index in [1.807, 2.05) is 18.7 Å². The number of carbonyl (C=O) groups excluding carboxylic acids is 1. The number of carbonyl (C=O) groups is 1. The maximum absolute atomic E-state index is 14.0. The lowest BCUT2D eigenvalue weighted by Gasteiger charge is -2.32. The molecule has 4 rings (SSSR count). The summed E-state index contributed by atoms with van der Waals surface area (Å²) in [4.78, 5) is 19.5. The Bertz CT molecular complexity index is 1200. The van der Waals surface area contributed by atoms with Gasteiger partial charge < -0.3 is 9.64 Å². The quantitative estimate of drug-likeness (QED) is 0.301. The molecule has 0 N–H and O–H groups in total. The van der Waals surface area contributed by atoms with Crippen molar-refractivity contribution < 1.29 is 22.7 Å². The fourth-order valence-corrected chi connectivity index (χ4v) is 6.34. The van der Waals surface area contributed by atoms with Gasteiger partial charge in [0.25, 0.3) is 5.92 Å². The molecule has 0 aliphatic carbocycles.